The maximum Gasteiger partial charge on any atom is 0.329 e. The van der Waals surface area contributed by atoms with E-state index in [4.69, 9.17) is 9.84 Å². The normalized spacial score (nSPS) is 19.1. The Hall–Kier alpha value is -1.03. The molecule has 0 saturated carbocycles. The van der Waals surface area contributed by atoms with Gasteiger partial charge in [-0.25, -0.2) is 4.79 Å². The monoisotopic (exact) mass is 185 g/mol. The molecule has 0 aromatic carbocycles. The van der Waals surface area contributed by atoms with Crippen molar-refractivity contribution >= 4 is 5.97 Å². The molecule has 0 radical (unpaired) electrons. The van der Waals surface area contributed by atoms with Crippen LogP contribution in [-0.2, 0) is 9.53 Å². The van der Waals surface area contributed by atoms with E-state index in [1.807, 2.05) is 0 Å². The Labute approximate surface area is 77.6 Å². The van der Waals surface area contributed by atoms with E-state index in [0.717, 1.165) is 38.7 Å². The highest BCUT2D eigenvalue weighted by molar-refractivity contribution is 5.79. The van der Waals surface area contributed by atoms with Gasteiger partial charge in [-0.2, -0.15) is 0 Å². The Kier molecular flexibility index (Phi) is 4.32. The van der Waals surface area contributed by atoms with Crippen LogP contribution in [-0.4, -0.2) is 30.8 Å². The highest BCUT2D eigenvalue weighted by Crippen LogP contribution is 2.12. The number of carboxylic acids is 1. The molecule has 13 heavy (non-hydrogen) atoms. The molecule has 0 aromatic rings. The number of aliphatic carboxylic acids is 1. The molecule has 1 aliphatic rings. The number of carbonyl (C=O) groups is 1. The van der Waals surface area contributed by atoms with Gasteiger partial charge >= 0.3 is 5.97 Å². The van der Waals surface area contributed by atoms with Crippen LogP contribution in [0.2, 0.25) is 0 Å². The third-order valence-electron chi connectivity index (χ3n) is 2.09. The first kappa shape index (κ1) is 10.1. The largest absolute Gasteiger partial charge is 0.478 e. The van der Waals surface area contributed by atoms with Gasteiger partial charge in [-0.05, 0) is 18.8 Å². The predicted octanol–water partition coefficient (Wildman–Crippen LogP) is 0.601. The first-order chi connectivity index (χ1) is 6.29. The van der Waals surface area contributed by atoms with Gasteiger partial charge in [0, 0.05) is 32.0 Å². The molecule has 1 aliphatic heterocycles. The fraction of sp³-hybridized carbons (Fsp3) is 0.667. The molecule has 0 spiro atoms. The quantitative estimate of drug-likeness (QED) is 0.630. The van der Waals surface area contributed by atoms with Gasteiger partial charge in [0.25, 0.3) is 0 Å². The van der Waals surface area contributed by atoms with Gasteiger partial charge in [-0.1, -0.05) is 0 Å². The van der Waals surface area contributed by atoms with E-state index in [1.165, 1.54) is 6.20 Å². The van der Waals surface area contributed by atoms with E-state index >= 15 is 0 Å². The van der Waals surface area contributed by atoms with Crippen molar-refractivity contribution in [3.8, 4) is 0 Å². The van der Waals surface area contributed by atoms with Crippen molar-refractivity contribution in [3.05, 3.63) is 12.3 Å². The second-order valence-electron chi connectivity index (χ2n) is 3.14. The van der Waals surface area contributed by atoms with E-state index in [-0.39, 0.29) is 0 Å². The van der Waals surface area contributed by atoms with Crippen LogP contribution in [0.3, 0.4) is 0 Å². The van der Waals surface area contributed by atoms with E-state index in [0.29, 0.717) is 5.92 Å². The Balaban J connectivity index is 2.07. The van der Waals surface area contributed by atoms with Crippen molar-refractivity contribution in [3.63, 3.8) is 0 Å². The van der Waals surface area contributed by atoms with Crippen LogP contribution in [0, 0.1) is 5.92 Å². The van der Waals surface area contributed by atoms with Gasteiger partial charge in [0.2, 0.25) is 0 Å². The molecular weight excluding hydrogens is 170 g/mol. The minimum Gasteiger partial charge on any atom is -0.478 e. The maximum atomic E-state index is 10.1. The molecule has 4 heteroatoms. The lowest BCUT2D eigenvalue weighted by Gasteiger charge is -2.21. The van der Waals surface area contributed by atoms with Crippen LogP contribution in [0.15, 0.2) is 12.3 Å². The average molecular weight is 185 g/mol. The lowest BCUT2D eigenvalue weighted by Crippen LogP contribution is -2.24. The molecule has 0 aliphatic carbocycles. The maximum absolute atomic E-state index is 10.1. The summed E-state index contributed by atoms with van der Waals surface area (Å²) in [5.74, 6) is -0.299. The van der Waals surface area contributed by atoms with E-state index < -0.39 is 5.97 Å². The molecule has 0 bridgehead atoms. The Morgan fingerprint density at radius 2 is 2.23 bits per heavy atom. The van der Waals surface area contributed by atoms with Gasteiger partial charge in [0.1, 0.15) is 0 Å². The fourth-order valence-corrected chi connectivity index (χ4v) is 1.32. The van der Waals surface area contributed by atoms with Crippen LogP contribution < -0.4 is 5.32 Å². The minimum absolute atomic E-state index is 0.618. The Morgan fingerprint density at radius 3 is 2.85 bits per heavy atom. The number of hydrogen-bond acceptors (Lipinski definition) is 3. The second kappa shape index (κ2) is 5.59. The van der Waals surface area contributed by atoms with E-state index in [9.17, 15) is 4.79 Å². The summed E-state index contributed by atoms with van der Waals surface area (Å²) >= 11 is 0. The summed E-state index contributed by atoms with van der Waals surface area (Å²) in [7, 11) is 0. The van der Waals surface area contributed by atoms with Crippen molar-refractivity contribution in [2.24, 2.45) is 5.92 Å². The van der Waals surface area contributed by atoms with Gasteiger partial charge < -0.3 is 15.2 Å². The minimum atomic E-state index is -0.917. The summed E-state index contributed by atoms with van der Waals surface area (Å²) < 4.78 is 5.20. The molecule has 2 N–H and O–H groups in total. The van der Waals surface area contributed by atoms with Crippen molar-refractivity contribution < 1.29 is 14.6 Å². The average Bonchev–Trinajstić information content (AvgIpc) is 2.14. The van der Waals surface area contributed by atoms with Crippen molar-refractivity contribution in [2.45, 2.75) is 12.8 Å². The number of hydrogen-bond donors (Lipinski definition) is 2. The van der Waals surface area contributed by atoms with Crippen molar-refractivity contribution in [2.75, 3.05) is 19.8 Å². The molecule has 4 nitrogen and oxygen atoms in total. The second-order valence-corrected chi connectivity index (χ2v) is 3.14. The van der Waals surface area contributed by atoms with Crippen molar-refractivity contribution in [1.29, 1.82) is 0 Å². The summed E-state index contributed by atoms with van der Waals surface area (Å²) in [6.45, 7) is 2.50. The lowest BCUT2D eigenvalue weighted by atomic mass is 10.0. The third-order valence-corrected chi connectivity index (χ3v) is 2.09. The summed E-state index contributed by atoms with van der Waals surface area (Å²) in [6.07, 6.45) is 4.72. The zero-order valence-corrected chi connectivity index (χ0v) is 7.53. The Morgan fingerprint density at radius 1 is 1.54 bits per heavy atom. The molecule has 0 unspecified atom stereocenters. The smallest absolute Gasteiger partial charge is 0.329 e. The van der Waals surface area contributed by atoms with Crippen LogP contribution >= 0.6 is 0 Å². The molecule has 1 rings (SSSR count). The number of rotatable bonds is 4. The number of carboxylic acid groups (broad SMARTS) is 1. The molecule has 0 aromatic heterocycles. The highest BCUT2D eigenvalue weighted by Gasteiger charge is 2.12. The Bertz CT molecular complexity index is 185. The summed E-state index contributed by atoms with van der Waals surface area (Å²) in [4.78, 5) is 10.1. The molecule has 1 saturated heterocycles. The van der Waals surface area contributed by atoms with Crippen molar-refractivity contribution in [1.82, 2.24) is 5.32 Å². The number of ether oxygens (including phenoxy) is 1. The molecule has 74 valence electrons. The zero-order chi connectivity index (χ0) is 9.52. The molecular formula is C9H15NO3. The molecule has 1 fully saturated rings. The highest BCUT2D eigenvalue weighted by atomic mass is 16.5. The standard InChI is InChI=1S/C9H15NO3/c11-9(12)1-4-10-7-8-2-5-13-6-3-8/h1,4,8,10H,2-3,5-7H2,(H,11,12)/b4-1+. The summed E-state index contributed by atoms with van der Waals surface area (Å²) in [5.41, 5.74) is 0. The van der Waals surface area contributed by atoms with E-state index in [1.54, 1.807) is 0 Å². The fourth-order valence-electron chi connectivity index (χ4n) is 1.32. The van der Waals surface area contributed by atoms with Crippen LogP contribution in [0.25, 0.3) is 0 Å². The molecule has 1 heterocycles. The molecule has 0 amide bonds. The van der Waals surface area contributed by atoms with E-state index in [2.05, 4.69) is 5.32 Å². The van der Waals surface area contributed by atoms with Crippen LogP contribution in [0.5, 0.6) is 0 Å². The lowest BCUT2D eigenvalue weighted by molar-refractivity contribution is -0.131. The van der Waals surface area contributed by atoms with Gasteiger partial charge in [-0.15, -0.1) is 0 Å². The SMILES string of the molecule is O=C(O)/C=C/NCC1CCOCC1. The summed E-state index contributed by atoms with van der Waals surface area (Å²) in [5, 5.41) is 11.3. The zero-order valence-electron chi connectivity index (χ0n) is 7.53. The first-order valence-electron chi connectivity index (χ1n) is 4.49. The molecule has 0 atom stereocenters. The van der Waals surface area contributed by atoms with Crippen LogP contribution in [0.4, 0.5) is 0 Å². The predicted molar refractivity (Wildman–Crippen MR) is 48.3 cm³/mol. The number of nitrogens with one attached hydrogen (secondary N) is 1. The van der Waals surface area contributed by atoms with Gasteiger partial charge in [0.15, 0.2) is 0 Å². The van der Waals surface area contributed by atoms with Gasteiger partial charge in [0.05, 0.1) is 0 Å². The topological polar surface area (TPSA) is 58.6 Å². The summed E-state index contributed by atoms with van der Waals surface area (Å²) in [6, 6.07) is 0. The van der Waals surface area contributed by atoms with Crippen LogP contribution in [0.1, 0.15) is 12.8 Å². The third kappa shape index (κ3) is 4.52. The van der Waals surface area contributed by atoms with Gasteiger partial charge in [-0.3, -0.25) is 0 Å². The first-order valence-corrected chi connectivity index (χ1v) is 4.49.